The van der Waals surface area contributed by atoms with Gasteiger partial charge in [-0.05, 0) is 51.0 Å². The van der Waals surface area contributed by atoms with Crippen LogP contribution in [-0.4, -0.2) is 18.6 Å². The lowest BCUT2D eigenvalue weighted by molar-refractivity contribution is -0.149. The van der Waals surface area contributed by atoms with Gasteiger partial charge >= 0.3 is 5.97 Å². The Labute approximate surface area is 98.7 Å². The maximum absolute atomic E-state index is 11.6. The molecular weight excluding hydrogens is 202 g/mol. The summed E-state index contributed by atoms with van der Waals surface area (Å²) in [5.74, 6) is 0.573. The van der Waals surface area contributed by atoms with Crippen molar-refractivity contribution in [2.75, 3.05) is 6.54 Å². The van der Waals surface area contributed by atoms with Gasteiger partial charge in [0, 0.05) is 6.42 Å². The molecule has 0 bridgehead atoms. The van der Waals surface area contributed by atoms with E-state index in [4.69, 9.17) is 10.5 Å². The van der Waals surface area contributed by atoms with Crippen LogP contribution in [0.2, 0.25) is 0 Å². The maximum Gasteiger partial charge on any atom is 0.306 e. The van der Waals surface area contributed by atoms with E-state index in [0.29, 0.717) is 12.3 Å². The monoisotopic (exact) mass is 227 g/mol. The molecule has 2 N–H and O–H groups in total. The molecule has 0 aromatic carbocycles. The maximum atomic E-state index is 11.6. The molecular formula is C13H25NO2. The van der Waals surface area contributed by atoms with Gasteiger partial charge in [0.2, 0.25) is 0 Å². The van der Waals surface area contributed by atoms with Crippen LogP contribution in [0.25, 0.3) is 0 Å². The molecule has 0 aromatic heterocycles. The Bertz CT molecular complexity index is 200. The topological polar surface area (TPSA) is 52.3 Å². The van der Waals surface area contributed by atoms with Gasteiger partial charge in [-0.25, -0.2) is 0 Å². The largest absolute Gasteiger partial charge is 0.462 e. The van der Waals surface area contributed by atoms with E-state index < -0.39 is 0 Å². The van der Waals surface area contributed by atoms with Crippen molar-refractivity contribution in [2.24, 2.45) is 11.7 Å². The summed E-state index contributed by atoms with van der Waals surface area (Å²) in [6, 6.07) is 0. The summed E-state index contributed by atoms with van der Waals surface area (Å²) in [4.78, 5) is 11.6. The van der Waals surface area contributed by atoms with Gasteiger partial charge in [-0.15, -0.1) is 0 Å². The summed E-state index contributed by atoms with van der Waals surface area (Å²) in [5.41, 5.74) is 5.53. The van der Waals surface area contributed by atoms with E-state index in [-0.39, 0.29) is 12.1 Å². The van der Waals surface area contributed by atoms with E-state index in [1.165, 1.54) is 12.8 Å². The minimum absolute atomic E-state index is 0.0117. The molecule has 1 saturated carbocycles. The fourth-order valence-electron chi connectivity index (χ4n) is 2.36. The van der Waals surface area contributed by atoms with Crippen molar-refractivity contribution < 1.29 is 9.53 Å². The van der Waals surface area contributed by atoms with Crippen LogP contribution in [0.4, 0.5) is 0 Å². The molecule has 0 aliphatic heterocycles. The Balaban J connectivity index is 2.12. The second-order valence-electron chi connectivity index (χ2n) is 4.79. The molecule has 1 unspecified atom stereocenters. The van der Waals surface area contributed by atoms with Gasteiger partial charge < -0.3 is 10.5 Å². The first kappa shape index (κ1) is 13.5. The van der Waals surface area contributed by atoms with E-state index in [2.05, 4.69) is 6.92 Å². The summed E-state index contributed by atoms with van der Waals surface area (Å²) < 4.78 is 5.41. The van der Waals surface area contributed by atoms with E-state index in [1.807, 2.05) is 0 Å². The zero-order chi connectivity index (χ0) is 11.8. The highest BCUT2D eigenvalue weighted by Crippen LogP contribution is 2.22. The van der Waals surface area contributed by atoms with Crippen molar-refractivity contribution in [3.05, 3.63) is 0 Å². The predicted octanol–water partition coefficient (Wildman–Crippen LogP) is 2.63. The predicted molar refractivity (Wildman–Crippen MR) is 65.0 cm³/mol. The molecule has 3 heteroatoms. The van der Waals surface area contributed by atoms with Gasteiger partial charge in [0.15, 0.2) is 0 Å². The zero-order valence-electron chi connectivity index (χ0n) is 10.4. The van der Waals surface area contributed by atoms with E-state index in [0.717, 1.165) is 38.6 Å². The van der Waals surface area contributed by atoms with Crippen LogP contribution in [0, 0.1) is 5.92 Å². The second-order valence-corrected chi connectivity index (χ2v) is 4.79. The third kappa shape index (κ3) is 4.97. The Morgan fingerprint density at radius 2 is 2.06 bits per heavy atom. The normalized spacial score (nSPS) is 18.6. The van der Waals surface area contributed by atoms with Gasteiger partial charge in [-0.1, -0.05) is 13.3 Å². The molecule has 1 atom stereocenters. The molecule has 1 rings (SSSR count). The van der Waals surface area contributed by atoms with Gasteiger partial charge in [-0.3, -0.25) is 4.79 Å². The van der Waals surface area contributed by atoms with Crippen LogP contribution >= 0.6 is 0 Å². The molecule has 94 valence electrons. The lowest BCUT2D eigenvalue weighted by Gasteiger charge is -2.15. The standard InChI is InChI=1S/C13H25NO2/c1-2-11(9-10-14)7-8-13(15)16-12-5-3-4-6-12/h11-12H,2-10,14H2,1H3. The summed E-state index contributed by atoms with van der Waals surface area (Å²) in [5, 5.41) is 0. The average Bonchev–Trinajstić information content (AvgIpc) is 2.76. The first-order valence-corrected chi connectivity index (χ1v) is 6.65. The highest BCUT2D eigenvalue weighted by molar-refractivity contribution is 5.69. The Hall–Kier alpha value is -0.570. The minimum Gasteiger partial charge on any atom is -0.462 e. The molecule has 3 nitrogen and oxygen atoms in total. The lowest BCUT2D eigenvalue weighted by atomic mass is 9.97. The van der Waals surface area contributed by atoms with Gasteiger partial charge in [-0.2, -0.15) is 0 Å². The molecule has 0 amide bonds. The van der Waals surface area contributed by atoms with Crippen LogP contribution in [0.3, 0.4) is 0 Å². The highest BCUT2D eigenvalue weighted by Gasteiger charge is 2.19. The SMILES string of the molecule is CCC(CCN)CCC(=O)OC1CCCC1. The van der Waals surface area contributed by atoms with E-state index >= 15 is 0 Å². The second kappa shape index (κ2) is 7.66. The van der Waals surface area contributed by atoms with Crippen molar-refractivity contribution in [1.82, 2.24) is 0 Å². The van der Waals surface area contributed by atoms with Crippen molar-refractivity contribution >= 4 is 5.97 Å². The molecule has 1 aliphatic rings. The van der Waals surface area contributed by atoms with Crippen LogP contribution in [0.5, 0.6) is 0 Å². The summed E-state index contributed by atoms with van der Waals surface area (Å²) in [7, 11) is 0. The number of esters is 1. The zero-order valence-corrected chi connectivity index (χ0v) is 10.4. The molecule has 0 radical (unpaired) electrons. The molecule has 0 aromatic rings. The fraction of sp³-hybridized carbons (Fsp3) is 0.923. The number of rotatable bonds is 7. The number of nitrogens with two attached hydrogens (primary N) is 1. The number of carbonyl (C=O) groups excluding carboxylic acids is 1. The first-order chi connectivity index (χ1) is 7.76. The van der Waals surface area contributed by atoms with Crippen LogP contribution in [0.1, 0.15) is 58.3 Å². The van der Waals surface area contributed by atoms with Crippen molar-refractivity contribution in [3.8, 4) is 0 Å². The Morgan fingerprint density at radius 1 is 1.38 bits per heavy atom. The van der Waals surface area contributed by atoms with Gasteiger partial charge in [0.1, 0.15) is 6.10 Å². The molecule has 0 spiro atoms. The Kier molecular flexibility index (Phi) is 6.46. The third-order valence-corrected chi connectivity index (χ3v) is 3.51. The van der Waals surface area contributed by atoms with Crippen molar-refractivity contribution in [3.63, 3.8) is 0 Å². The number of hydrogen-bond acceptors (Lipinski definition) is 3. The molecule has 0 saturated heterocycles. The molecule has 16 heavy (non-hydrogen) atoms. The van der Waals surface area contributed by atoms with Crippen molar-refractivity contribution in [1.29, 1.82) is 0 Å². The smallest absolute Gasteiger partial charge is 0.306 e. The lowest BCUT2D eigenvalue weighted by Crippen LogP contribution is -2.16. The van der Waals surface area contributed by atoms with E-state index in [1.54, 1.807) is 0 Å². The number of hydrogen-bond donors (Lipinski definition) is 1. The highest BCUT2D eigenvalue weighted by atomic mass is 16.5. The summed E-state index contributed by atoms with van der Waals surface area (Å²) >= 11 is 0. The minimum atomic E-state index is -0.0117. The van der Waals surface area contributed by atoms with Crippen LogP contribution < -0.4 is 5.73 Å². The Morgan fingerprint density at radius 3 is 2.62 bits per heavy atom. The van der Waals surface area contributed by atoms with Crippen molar-refractivity contribution in [2.45, 2.75) is 64.4 Å². The first-order valence-electron chi connectivity index (χ1n) is 6.65. The fourth-order valence-corrected chi connectivity index (χ4v) is 2.36. The van der Waals surface area contributed by atoms with Crippen LogP contribution in [-0.2, 0) is 9.53 Å². The molecule has 0 heterocycles. The number of carbonyl (C=O) groups is 1. The van der Waals surface area contributed by atoms with Crippen LogP contribution in [0.15, 0.2) is 0 Å². The van der Waals surface area contributed by atoms with Gasteiger partial charge in [0.05, 0.1) is 0 Å². The third-order valence-electron chi connectivity index (χ3n) is 3.51. The molecule has 1 aliphatic carbocycles. The van der Waals surface area contributed by atoms with Gasteiger partial charge in [0.25, 0.3) is 0 Å². The van der Waals surface area contributed by atoms with E-state index in [9.17, 15) is 4.79 Å². The molecule has 1 fully saturated rings. The summed E-state index contributed by atoms with van der Waals surface area (Å²) in [6.45, 7) is 2.87. The quantitative estimate of drug-likeness (QED) is 0.680. The average molecular weight is 227 g/mol. The summed E-state index contributed by atoms with van der Waals surface area (Å²) in [6.07, 6.45) is 8.38. The number of ether oxygens (including phenoxy) is 1.